The largest absolute Gasteiger partial charge is 0.131 e. The molecule has 1 unspecified atom stereocenters. The maximum Gasteiger partial charge on any atom is 0.0931 e. The molecule has 90 valence electrons. The summed E-state index contributed by atoms with van der Waals surface area (Å²) in [6.07, 6.45) is 0. The lowest BCUT2D eigenvalue weighted by molar-refractivity contribution is 1.14. The molecule has 2 rings (SSSR count). The fourth-order valence-electron chi connectivity index (χ4n) is 1.65. The van der Waals surface area contributed by atoms with E-state index in [0.717, 1.165) is 24.8 Å². The molecule has 0 saturated heterocycles. The van der Waals surface area contributed by atoms with Crippen LogP contribution in [0.5, 0.6) is 0 Å². The van der Waals surface area contributed by atoms with Crippen molar-refractivity contribution < 1.29 is 0 Å². The zero-order valence-electron chi connectivity index (χ0n) is 9.43. The van der Waals surface area contributed by atoms with Crippen LogP contribution in [-0.4, -0.2) is 0 Å². The van der Waals surface area contributed by atoms with Crippen LogP contribution in [0, 0.1) is 13.8 Å². The van der Waals surface area contributed by atoms with Gasteiger partial charge in [0, 0.05) is 9.90 Å². The van der Waals surface area contributed by atoms with Gasteiger partial charge in [0.05, 0.1) is 9.16 Å². The third-order valence-corrected chi connectivity index (χ3v) is 5.68. The summed E-state index contributed by atoms with van der Waals surface area (Å²) >= 11 is 17.7. The fourth-order valence-corrected chi connectivity index (χ4v) is 3.83. The Labute approximate surface area is 124 Å². The highest BCUT2D eigenvalue weighted by molar-refractivity contribution is 9.11. The number of halogens is 3. The van der Waals surface area contributed by atoms with Crippen LogP contribution in [0.3, 0.4) is 0 Å². The summed E-state index contributed by atoms with van der Waals surface area (Å²) in [5.74, 6) is 0. The minimum atomic E-state index is -0.135. The SMILES string of the molecule is Cc1ccc(Cl)cc1C(Cl)c1cc(C)c(Br)s1. The number of benzene rings is 1. The quantitative estimate of drug-likeness (QED) is 0.574. The summed E-state index contributed by atoms with van der Waals surface area (Å²) in [5, 5.41) is 0.590. The molecule has 1 atom stereocenters. The second kappa shape index (κ2) is 5.31. The molecule has 1 aromatic heterocycles. The van der Waals surface area contributed by atoms with E-state index in [9.17, 15) is 0 Å². The minimum Gasteiger partial charge on any atom is -0.131 e. The van der Waals surface area contributed by atoms with Gasteiger partial charge in [-0.15, -0.1) is 22.9 Å². The molecule has 0 spiro atoms. The van der Waals surface area contributed by atoms with E-state index in [-0.39, 0.29) is 5.38 Å². The lowest BCUT2D eigenvalue weighted by Crippen LogP contribution is -1.93. The van der Waals surface area contributed by atoms with Crippen molar-refractivity contribution in [3.8, 4) is 0 Å². The zero-order chi connectivity index (χ0) is 12.6. The van der Waals surface area contributed by atoms with E-state index in [2.05, 4.69) is 35.8 Å². The molecule has 0 aliphatic carbocycles. The average molecular weight is 350 g/mol. The van der Waals surface area contributed by atoms with E-state index >= 15 is 0 Å². The summed E-state index contributed by atoms with van der Waals surface area (Å²) in [6, 6.07) is 7.95. The first-order chi connectivity index (χ1) is 7.99. The first-order valence-corrected chi connectivity index (χ1v) is 7.57. The van der Waals surface area contributed by atoms with E-state index in [0.29, 0.717) is 0 Å². The van der Waals surface area contributed by atoms with Gasteiger partial charge in [-0.1, -0.05) is 17.7 Å². The standard InChI is InChI=1S/C13H11BrCl2S/c1-7-3-4-9(15)6-10(7)12(16)11-5-8(2)13(14)17-11/h3-6,12H,1-2H3. The highest BCUT2D eigenvalue weighted by Gasteiger charge is 2.17. The molecule has 1 aromatic carbocycles. The van der Waals surface area contributed by atoms with Gasteiger partial charge in [0.2, 0.25) is 0 Å². The smallest absolute Gasteiger partial charge is 0.0931 e. The van der Waals surface area contributed by atoms with Gasteiger partial charge in [-0.25, -0.2) is 0 Å². The maximum atomic E-state index is 6.53. The van der Waals surface area contributed by atoms with E-state index in [1.54, 1.807) is 11.3 Å². The lowest BCUT2D eigenvalue weighted by atomic mass is 10.0. The molecular formula is C13H11BrCl2S. The van der Waals surface area contributed by atoms with Gasteiger partial charge in [-0.2, -0.15) is 0 Å². The molecule has 1 heterocycles. The summed E-state index contributed by atoms with van der Waals surface area (Å²) in [7, 11) is 0. The Hall–Kier alpha value is -0.0200. The predicted octanol–water partition coefficient (Wildman–Crippen LogP) is 6.11. The van der Waals surface area contributed by atoms with Crippen molar-refractivity contribution in [2.24, 2.45) is 0 Å². The first-order valence-electron chi connectivity index (χ1n) is 5.15. The van der Waals surface area contributed by atoms with Crippen LogP contribution in [0.2, 0.25) is 5.02 Å². The first kappa shape index (κ1) is 13.4. The highest BCUT2D eigenvalue weighted by atomic mass is 79.9. The Morgan fingerprint density at radius 1 is 1.18 bits per heavy atom. The van der Waals surface area contributed by atoms with Gasteiger partial charge in [0.15, 0.2) is 0 Å². The maximum absolute atomic E-state index is 6.53. The van der Waals surface area contributed by atoms with Crippen molar-refractivity contribution in [1.29, 1.82) is 0 Å². The van der Waals surface area contributed by atoms with E-state index < -0.39 is 0 Å². The summed E-state index contributed by atoms with van der Waals surface area (Å²) in [5.41, 5.74) is 3.46. The van der Waals surface area contributed by atoms with Crippen molar-refractivity contribution in [3.05, 3.63) is 54.6 Å². The van der Waals surface area contributed by atoms with Crippen molar-refractivity contribution in [1.82, 2.24) is 0 Å². The molecular weight excluding hydrogens is 339 g/mol. The van der Waals surface area contributed by atoms with Crippen molar-refractivity contribution in [2.45, 2.75) is 19.2 Å². The molecule has 17 heavy (non-hydrogen) atoms. The number of rotatable bonds is 2. The number of aryl methyl sites for hydroxylation is 2. The van der Waals surface area contributed by atoms with Crippen LogP contribution < -0.4 is 0 Å². The molecule has 0 saturated carbocycles. The molecule has 0 N–H and O–H groups in total. The highest BCUT2D eigenvalue weighted by Crippen LogP contribution is 2.39. The second-order valence-corrected chi connectivity index (χ2v) is 7.24. The van der Waals surface area contributed by atoms with Crippen LogP contribution in [-0.2, 0) is 0 Å². The fraction of sp³-hybridized carbons (Fsp3) is 0.231. The van der Waals surface area contributed by atoms with E-state index in [4.69, 9.17) is 23.2 Å². The van der Waals surface area contributed by atoms with Gasteiger partial charge >= 0.3 is 0 Å². The summed E-state index contributed by atoms with van der Waals surface area (Å²) in [4.78, 5) is 1.14. The molecule has 4 heteroatoms. The number of hydrogen-bond donors (Lipinski definition) is 0. The van der Waals surface area contributed by atoms with Gasteiger partial charge in [-0.3, -0.25) is 0 Å². The third-order valence-electron chi connectivity index (χ3n) is 2.64. The van der Waals surface area contributed by atoms with Crippen molar-refractivity contribution >= 4 is 50.5 Å². The van der Waals surface area contributed by atoms with Crippen LogP contribution in [0.1, 0.15) is 26.9 Å². The Morgan fingerprint density at radius 2 is 1.88 bits per heavy atom. The van der Waals surface area contributed by atoms with E-state index in [1.165, 1.54) is 5.56 Å². The monoisotopic (exact) mass is 348 g/mol. The molecule has 0 aliphatic rings. The Kier molecular flexibility index (Phi) is 4.19. The molecule has 0 aliphatic heterocycles. The topological polar surface area (TPSA) is 0 Å². The molecule has 0 radical (unpaired) electrons. The Bertz CT molecular complexity index is 529. The van der Waals surface area contributed by atoms with Gasteiger partial charge < -0.3 is 0 Å². The van der Waals surface area contributed by atoms with Gasteiger partial charge in [0.1, 0.15) is 0 Å². The molecule has 0 amide bonds. The van der Waals surface area contributed by atoms with Gasteiger partial charge in [-0.05, 0) is 64.7 Å². The van der Waals surface area contributed by atoms with Crippen LogP contribution in [0.15, 0.2) is 28.1 Å². The Balaban J connectivity index is 2.42. The Morgan fingerprint density at radius 3 is 2.47 bits per heavy atom. The molecule has 2 aromatic rings. The van der Waals surface area contributed by atoms with Crippen LogP contribution in [0.25, 0.3) is 0 Å². The van der Waals surface area contributed by atoms with E-state index in [1.807, 2.05) is 18.2 Å². The van der Waals surface area contributed by atoms with Crippen LogP contribution in [0.4, 0.5) is 0 Å². The zero-order valence-corrected chi connectivity index (χ0v) is 13.3. The number of thiophene rings is 1. The third kappa shape index (κ3) is 2.87. The lowest BCUT2D eigenvalue weighted by Gasteiger charge is -2.11. The van der Waals surface area contributed by atoms with Crippen molar-refractivity contribution in [3.63, 3.8) is 0 Å². The normalized spacial score (nSPS) is 12.8. The molecule has 0 fully saturated rings. The summed E-state index contributed by atoms with van der Waals surface area (Å²) < 4.78 is 1.14. The second-order valence-electron chi connectivity index (χ2n) is 3.97. The minimum absolute atomic E-state index is 0.135. The number of alkyl halides is 1. The number of hydrogen-bond acceptors (Lipinski definition) is 1. The van der Waals surface area contributed by atoms with Crippen molar-refractivity contribution in [2.75, 3.05) is 0 Å². The molecule has 0 nitrogen and oxygen atoms in total. The van der Waals surface area contributed by atoms with Gasteiger partial charge in [0.25, 0.3) is 0 Å². The summed E-state index contributed by atoms with van der Waals surface area (Å²) in [6.45, 7) is 4.12. The molecule has 0 bridgehead atoms. The predicted molar refractivity (Wildman–Crippen MR) is 80.6 cm³/mol. The van der Waals surface area contributed by atoms with Crippen LogP contribution >= 0.6 is 50.5 Å². The average Bonchev–Trinajstić information content (AvgIpc) is 2.62.